The molecule has 0 fully saturated rings. The van der Waals surface area contributed by atoms with Crippen LogP contribution in [-0.4, -0.2) is 38.1 Å². The van der Waals surface area contributed by atoms with Crippen LogP contribution in [0.1, 0.15) is 20.3 Å². The van der Waals surface area contributed by atoms with Gasteiger partial charge >= 0.3 is 12.8 Å². The van der Waals surface area contributed by atoms with Crippen LogP contribution in [0.5, 0.6) is 5.75 Å². The average Bonchev–Trinajstić information content (AvgIpc) is 2.53. The molecule has 0 aliphatic rings. The van der Waals surface area contributed by atoms with E-state index in [2.05, 4.69) is 0 Å². The van der Waals surface area contributed by atoms with Gasteiger partial charge in [-0.25, -0.2) is 4.57 Å². The van der Waals surface area contributed by atoms with Crippen LogP contribution in [0.4, 0.5) is 0 Å². The molecule has 0 bridgehead atoms. The number of ether oxygens (including phenoxy) is 2. The van der Waals surface area contributed by atoms with E-state index in [1.807, 2.05) is 30.3 Å². The predicted octanol–water partition coefficient (Wildman–Crippen LogP) is 3.91. The number of carbonyl (C=O) groups excluding carboxylic acids is 1. The van der Waals surface area contributed by atoms with E-state index in [4.69, 9.17) is 18.5 Å². The van der Waals surface area contributed by atoms with Crippen LogP contribution < -0.4 is 4.74 Å². The molecule has 0 atom stereocenters. The van der Waals surface area contributed by atoms with Crippen LogP contribution in [0.3, 0.4) is 0 Å². The minimum atomic E-state index is -3.16. The van der Waals surface area contributed by atoms with Crippen molar-refractivity contribution in [1.29, 1.82) is 0 Å². The molecule has 0 aromatic heterocycles. The number of hydrogen-bond donors (Lipinski definition) is 0. The van der Waals surface area contributed by atoms with Gasteiger partial charge < -0.3 is 18.5 Å². The van der Waals surface area contributed by atoms with Crippen LogP contribution in [0.2, 0.25) is 0 Å². The first kappa shape index (κ1) is 20.0. The summed E-state index contributed by atoms with van der Waals surface area (Å²) in [6.07, 6.45) is 0.139. The molecule has 130 valence electrons. The molecule has 0 saturated heterocycles. The summed E-state index contributed by atoms with van der Waals surface area (Å²) in [5.41, 5.74) is 0. The first-order chi connectivity index (χ1) is 11.1. The summed E-state index contributed by atoms with van der Waals surface area (Å²) in [5.74, 6) is 0.678. The van der Waals surface area contributed by atoms with E-state index in [1.165, 1.54) is 0 Å². The van der Waals surface area contributed by atoms with Crippen molar-refractivity contribution in [1.82, 2.24) is 0 Å². The molecular formula is C15H23O6PS. The van der Waals surface area contributed by atoms with Crippen molar-refractivity contribution in [3.8, 4) is 5.75 Å². The summed E-state index contributed by atoms with van der Waals surface area (Å²) in [5, 5.41) is 0. The van der Waals surface area contributed by atoms with Gasteiger partial charge in [-0.3, -0.25) is 4.79 Å². The first-order valence-electron chi connectivity index (χ1n) is 7.46. The summed E-state index contributed by atoms with van der Waals surface area (Å²) in [4.78, 5) is 11.6. The quantitative estimate of drug-likeness (QED) is 0.317. The topological polar surface area (TPSA) is 71.1 Å². The van der Waals surface area contributed by atoms with Gasteiger partial charge in [-0.05, 0) is 37.4 Å². The third kappa shape index (κ3) is 9.01. The maximum Gasteiger partial charge on any atom is 0.389 e. The van der Waals surface area contributed by atoms with Gasteiger partial charge in [-0.2, -0.15) is 0 Å². The highest BCUT2D eigenvalue weighted by molar-refractivity contribution is 8.55. The molecule has 0 N–H and O–H groups in total. The number of benzene rings is 1. The molecule has 0 spiro atoms. The number of carbonyl (C=O) groups is 1. The molecular weight excluding hydrogens is 339 g/mol. The number of esters is 1. The fourth-order valence-electron chi connectivity index (χ4n) is 1.57. The number of para-hydroxylation sites is 1. The lowest BCUT2D eigenvalue weighted by Gasteiger charge is -2.15. The minimum absolute atomic E-state index is 0.139. The molecule has 0 saturated carbocycles. The predicted molar refractivity (Wildman–Crippen MR) is 90.8 cm³/mol. The van der Waals surface area contributed by atoms with Gasteiger partial charge in [0.25, 0.3) is 0 Å². The van der Waals surface area contributed by atoms with Crippen LogP contribution >= 0.6 is 18.2 Å². The first-order valence-corrected chi connectivity index (χ1v) is 10.6. The van der Waals surface area contributed by atoms with Crippen molar-refractivity contribution < 1.29 is 27.9 Å². The summed E-state index contributed by atoms with van der Waals surface area (Å²) < 4.78 is 32.9. The second kappa shape index (κ2) is 11.5. The molecule has 0 aliphatic carbocycles. The fourth-order valence-corrected chi connectivity index (χ4v) is 4.93. The largest absolute Gasteiger partial charge is 0.490 e. The monoisotopic (exact) mass is 362 g/mol. The SMILES string of the molecule is CCOP(=O)(OCC)SCCC(=O)OCCOc1ccccc1. The van der Waals surface area contributed by atoms with E-state index < -0.39 is 6.80 Å². The number of rotatable bonds is 12. The van der Waals surface area contributed by atoms with Crippen molar-refractivity contribution in [3.63, 3.8) is 0 Å². The highest BCUT2D eigenvalue weighted by atomic mass is 32.7. The Morgan fingerprint density at radius 1 is 1.09 bits per heavy atom. The molecule has 1 rings (SSSR count). The van der Waals surface area contributed by atoms with Crippen LogP contribution in [0.25, 0.3) is 0 Å². The van der Waals surface area contributed by atoms with Gasteiger partial charge in [0, 0.05) is 5.75 Å². The molecule has 8 heteroatoms. The van der Waals surface area contributed by atoms with E-state index in [0.717, 1.165) is 17.1 Å². The smallest absolute Gasteiger partial charge is 0.389 e. The Morgan fingerprint density at radius 2 is 1.74 bits per heavy atom. The van der Waals surface area contributed by atoms with E-state index in [1.54, 1.807) is 13.8 Å². The maximum atomic E-state index is 12.2. The Kier molecular flexibility index (Phi) is 10.0. The molecule has 0 heterocycles. The van der Waals surface area contributed by atoms with Crippen molar-refractivity contribution in [2.24, 2.45) is 0 Å². The van der Waals surface area contributed by atoms with Gasteiger partial charge in [-0.1, -0.05) is 18.2 Å². The second-order valence-corrected chi connectivity index (χ2v) is 8.44. The second-order valence-electron chi connectivity index (χ2n) is 4.25. The van der Waals surface area contributed by atoms with Gasteiger partial charge in [0.1, 0.15) is 19.0 Å². The molecule has 0 aliphatic heterocycles. The lowest BCUT2D eigenvalue weighted by Crippen LogP contribution is -2.12. The van der Waals surface area contributed by atoms with Crippen molar-refractivity contribution in [3.05, 3.63) is 30.3 Å². The Labute approximate surface area is 141 Å². The standard InChI is InChI=1S/C15H23O6PS/c1-3-20-22(17,21-4-2)23-13-10-15(16)19-12-11-18-14-8-6-5-7-9-14/h5-9H,3-4,10-13H2,1-2H3. The lowest BCUT2D eigenvalue weighted by molar-refractivity contribution is -0.143. The zero-order valence-electron chi connectivity index (χ0n) is 13.4. The molecule has 23 heavy (non-hydrogen) atoms. The van der Waals surface area contributed by atoms with Crippen molar-refractivity contribution in [2.75, 3.05) is 32.2 Å². The van der Waals surface area contributed by atoms with E-state index >= 15 is 0 Å². The Hall–Kier alpha value is -1.01. The molecule has 0 unspecified atom stereocenters. The van der Waals surface area contributed by atoms with Crippen molar-refractivity contribution in [2.45, 2.75) is 20.3 Å². The Bertz CT molecular complexity index is 486. The normalized spacial score (nSPS) is 11.2. The van der Waals surface area contributed by atoms with Gasteiger partial charge in [0.2, 0.25) is 0 Å². The Balaban J connectivity index is 2.15. The van der Waals surface area contributed by atoms with Gasteiger partial charge in [0.15, 0.2) is 0 Å². The highest BCUT2D eigenvalue weighted by Gasteiger charge is 2.24. The summed E-state index contributed by atoms with van der Waals surface area (Å²) in [6.45, 7) is 1.38. The minimum Gasteiger partial charge on any atom is -0.490 e. The third-order valence-corrected chi connectivity index (χ3v) is 6.47. The zero-order chi connectivity index (χ0) is 17.0. The molecule has 6 nitrogen and oxygen atoms in total. The van der Waals surface area contributed by atoms with Crippen molar-refractivity contribution >= 4 is 24.1 Å². The average molecular weight is 362 g/mol. The van der Waals surface area contributed by atoms with E-state index in [-0.39, 0.29) is 19.0 Å². The van der Waals surface area contributed by atoms with Crippen LogP contribution in [0.15, 0.2) is 30.3 Å². The molecule has 1 aromatic carbocycles. The van der Waals surface area contributed by atoms with E-state index in [9.17, 15) is 9.36 Å². The number of hydrogen-bond acceptors (Lipinski definition) is 7. The third-order valence-electron chi connectivity index (χ3n) is 2.49. The maximum absolute atomic E-state index is 12.2. The molecule has 1 aromatic rings. The summed E-state index contributed by atoms with van der Waals surface area (Å²) >= 11 is 1.02. The van der Waals surface area contributed by atoms with Gasteiger partial charge in [0.05, 0.1) is 19.6 Å². The fraction of sp³-hybridized carbons (Fsp3) is 0.533. The van der Waals surface area contributed by atoms with E-state index in [0.29, 0.717) is 25.6 Å². The highest BCUT2D eigenvalue weighted by Crippen LogP contribution is 2.60. The summed E-state index contributed by atoms with van der Waals surface area (Å²) in [7, 11) is 0. The van der Waals surface area contributed by atoms with Crippen LogP contribution in [-0.2, 0) is 23.1 Å². The lowest BCUT2D eigenvalue weighted by atomic mass is 10.3. The van der Waals surface area contributed by atoms with Crippen LogP contribution in [0, 0.1) is 0 Å². The zero-order valence-corrected chi connectivity index (χ0v) is 15.1. The van der Waals surface area contributed by atoms with Gasteiger partial charge in [-0.15, -0.1) is 0 Å². The summed E-state index contributed by atoms with van der Waals surface area (Å²) in [6, 6.07) is 9.30. The Morgan fingerprint density at radius 3 is 2.35 bits per heavy atom. The molecule has 0 radical (unpaired) electrons. The molecule has 0 amide bonds.